The van der Waals surface area contributed by atoms with E-state index >= 15 is 0 Å². The fourth-order valence-corrected chi connectivity index (χ4v) is 4.17. The Labute approximate surface area is 181 Å². The summed E-state index contributed by atoms with van der Waals surface area (Å²) >= 11 is 7.67. The van der Waals surface area contributed by atoms with E-state index in [1.54, 1.807) is 6.07 Å². The van der Waals surface area contributed by atoms with Crippen LogP contribution in [-0.4, -0.2) is 5.96 Å². The monoisotopic (exact) mass is 447 g/mol. The Balaban J connectivity index is 1.58. The third kappa shape index (κ3) is 4.57. The molecule has 1 heterocycles. The van der Waals surface area contributed by atoms with Gasteiger partial charge in [-0.05, 0) is 46.8 Å². The molecule has 0 unspecified atom stereocenters. The van der Waals surface area contributed by atoms with Crippen molar-refractivity contribution < 1.29 is 13.2 Å². The minimum atomic E-state index is -4.41. The molecular formula is C22H17ClF3N3S. The number of nitrogens with one attached hydrogen (secondary N) is 2. The van der Waals surface area contributed by atoms with Crippen LogP contribution in [0.1, 0.15) is 22.3 Å². The largest absolute Gasteiger partial charge is 0.416 e. The van der Waals surface area contributed by atoms with Crippen LogP contribution in [0.2, 0.25) is 5.02 Å². The standard InChI is InChI=1S/C22H17ClF3N3S/c23-18-10-4-2-6-14(18)12-15-8-5-11-19-20(15)28-21(29-30-19)27-13-16-7-1-3-9-17(16)22(24,25)26/h1-11H,12-13H2,(H2,27,28,29). The summed E-state index contributed by atoms with van der Waals surface area (Å²) in [6.07, 6.45) is -3.78. The fraction of sp³-hybridized carbons (Fsp3) is 0.136. The maximum absolute atomic E-state index is 13.2. The number of halogens is 4. The van der Waals surface area contributed by atoms with Gasteiger partial charge in [0.2, 0.25) is 5.96 Å². The van der Waals surface area contributed by atoms with E-state index in [0.717, 1.165) is 27.8 Å². The zero-order valence-electron chi connectivity index (χ0n) is 15.6. The minimum Gasteiger partial charge on any atom is -0.324 e. The molecule has 0 saturated heterocycles. The lowest BCUT2D eigenvalue weighted by Crippen LogP contribution is -2.30. The van der Waals surface area contributed by atoms with E-state index in [9.17, 15) is 13.2 Å². The number of rotatable bonds is 4. The highest BCUT2D eigenvalue weighted by atomic mass is 35.5. The highest BCUT2D eigenvalue weighted by molar-refractivity contribution is 7.98. The van der Waals surface area contributed by atoms with Crippen molar-refractivity contribution in [2.45, 2.75) is 24.0 Å². The van der Waals surface area contributed by atoms with Crippen molar-refractivity contribution in [1.29, 1.82) is 0 Å². The van der Waals surface area contributed by atoms with Gasteiger partial charge in [0.1, 0.15) is 0 Å². The van der Waals surface area contributed by atoms with Crippen LogP contribution in [0, 0.1) is 0 Å². The Kier molecular flexibility index (Phi) is 5.92. The number of benzene rings is 3. The van der Waals surface area contributed by atoms with Crippen LogP contribution in [0.15, 0.2) is 76.6 Å². The summed E-state index contributed by atoms with van der Waals surface area (Å²) in [7, 11) is 0. The van der Waals surface area contributed by atoms with Gasteiger partial charge < -0.3 is 5.32 Å². The SMILES string of the molecule is FC(F)(F)c1ccccc1CN=C1NSc2cccc(Cc3ccccc3Cl)c2N1. The van der Waals surface area contributed by atoms with Gasteiger partial charge in [0, 0.05) is 11.4 Å². The maximum Gasteiger partial charge on any atom is 0.416 e. The van der Waals surface area contributed by atoms with Gasteiger partial charge in [-0.25, -0.2) is 4.99 Å². The van der Waals surface area contributed by atoms with Crippen LogP contribution >= 0.6 is 23.5 Å². The number of anilines is 1. The lowest BCUT2D eigenvalue weighted by Gasteiger charge is -2.23. The van der Waals surface area contributed by atoms with Crippen molar-refractivity contribution in [3.63, 3.8) is 0 Å². The lowest BCUT2D eigenvalue weighted by atomic mass is 10.0. The van der Waals surface area contributed by atoms with Crippen molar-refractivity contribution >= 4 is 35.2 Å². The normalized spacial score (nSPS) is 14.7. The van der Waals surface area contributed by atoms with Gasteiger partial charge in [-0.2, -0.15) is 13.2 Å². The topological polar surface area (TPSA) is 36.4 Å². The van der Waals surface area contributed by atoms with Crippen LogP contribution in [0.25, 0.3) is 0 Å². The quantitative estimate of drug-likeness (QED) is 0.446. The highest BCUT2D eigenvalue weighted by Crippen LogP contribution is 2.35. The molecule has 8 heteroatoms. The van der Waals surface area contributed by atoms with E-state index in [1.807, 2.05) is 42.5 Å². The predicted octanol–water partition coefficient (Wildman–Crippen LogP) is 6.53. The van der Waals surface area contributed by atoms with Gasteiger partial charge in [-0.15, -0.1) is 0 Å². The predicted molar refractivity (Wildman–Crippen MR) is 116 cm³/mol. The molecule has 0 atom stereocenters. The molecule has 0 aliphatic carbocycles. The molecular weight excluding hydrogens is 431 g/mol. The van der Waals surface area contributed by atoms with Crippen LogP contribution in [0.5, 0.6) is 0 Å². The van der Waals surface area contributed by atoms with Crippen LogP contribution in [0.3, 0.4) is 0 Å². The van der Waals surface area contributed by atoms with E-state index in [0.29, 0.717) is 17.4 Å². The van der Waals surface area contributed by atoms with E-state index in [-0.39, 0.29) is 12.1 Å². The zero-order valence-corrected chi connectivity index (χ0v) is 17.2. The van der Waals surface area contributed by atoms with Gasteiger partial charge in [0.05, 0.1) is 22.7 Å². The van der Waals surface area contributed by atoms with Crippen molar-refractivity contribution in [2.75, 3.05) is 5.32 Å². The van der Waals surface area contributed by atoms with Crippen molar-refractivity contribution in [3.05, 3.63) is 94.0 Å². The number of hydrogen-bond donors (Lipinski definition) is 2. The first kappa shape index (κ1) is 20.6. The number of fused-ring (bicyclic) bond motifs is 1. The first-order valence-electron chi connectivity index (χ1n) is 9.16. The summed E-state index contributed by atoms with van der Waals surface area (Å²) in [6, 6.07) is 19.0. The molecule has 3 nitrogen and oxygen atoms in total. The second-order valence-corrected chi connectivity index (χ2v) is 7.96. The summed E-state index contributed by atoms with van der Waals surface area (Å²) < 4.78 is 42.7. The van der Waals surface area contributed by atoms with Crippen LogP contribution in [0.4, 0.5) is 18.9 Å². The number of nitrogens with zero attached hydrogens (tertiary/aromatic N) is 1. The number of hydrogen-bond acceptors (Lipinski definition) is 2. The maximum atomic E-state index is 13.2. The zero-order chi connectivity index (χ0) is 21.1. The summed E-state index contributed by atoms with van der Waals surface area (Å²) in [4.78, 5) is 5.32. The second kappa shape index (κ2) is 8.62. The van der Waals surface area contributed by atoms with Crippen LogP contribution in [-0.2, 0) is 19.1 Å². The molecule has 0 amide bonds. The number of para-hydroxylation sites is 1. The summed E-state index contributed by atoms with van der Waals surface area (Å²) in [6.45, 7) is -0.0897. The average Bonchev–Trinajstić information content (AvgIpc) is 2.73. The molecule has 0 saturated carbocycles. The molecule has 0 radical (unpaired) electrons. The molecule has 4 rings (SSSR count). The first-order valence-corrected chi connectivity index (χ1v) is 10.4. The Morgan fingerprint density at radius 2 is 1.57 bits per heavy atom. The van der Waals surface area contributed by atoms with E-state index < -0.39 is 11.7 Å². The molecule has 154 valence electrons. The van der Waals surface area contributed by atoms with Gasteiger partial charge >= 0.3 is 6.18 Å². The van der Waals surface area contributed by atoms with Crippen LogP contribution < -0.4 is 10.0 Å². The smallest absolute Gasteiger partial charge is 0.324 e. The van der Waals surface area contributed by atoms with Gasteiger partial charge in [0.25, 0.3) is 0 Å². The molecule has 30 heavy (non-hydrogen) atoms. The third-order valence-electron chi connectivity index (χ3n) is 4.68. The molecule has 1 aliphatic heterocycles. The number of alkyl halides is 3. The highest BCUT2D eigenvalue weighted by Gasteiger charge is 2.32. The second-order valence-electron chi connectivity index (χ2n) is 6.71. The first-order chi connectivity index (χ1) is 14.4. The Morgan fingerprint density at radius 3 is 2.33 bits per heavy atom. The van der Waals surface area contributed by atoms with Gasteiger partial charge in [-0.1, -0.05) is 60.1 Å². The lowest BCUT2D eigenvalue weighted by molar-refractivity contribution is -0.138. The van der Waals surface area contributed by atoms with E-state index in [2.05, 4.69) is 15.0 Å². The number of aliphatic imine (C=N–C) groups is 1. The molecule has 0 aromatic heterocycles. The molecule has 2 N–H and O–H groups in total. The van der Waals surface area contributed by atoms with E-state index in [4.69, 9.17) is 11.6 Å². The minimum absolute atomic E-state index is 0.0897. The molecule has 0 spiro atoms. The van der Waals surface area contributed by atoms with Gasteiger partial charge in [-0.3, -0.25) is 4.72 Å². The average molecular weight is 448 g/mol. The summed E-state index contributed by atoms with van der Waals surface area (Å²) in [5.74, 6) is 0.413. The summed E-state index contributed by atoms with van der Waals surface area (Å²) in [5.41, 5.74) is 2.36. The van der Waals surface area contributed by atoms with Crippen molar-refractivity contribution in [1.82, 2.24) is 4.72 Å². The van der Waals surface area contributed by atoms with Gasteiger partial charge in [0.15, 0.2) is 0 Å². The fourth-order valence-electron chi connectivity index (χ4n) is 3.22. The Hall–Kier alpha value is -2.64. The van der Waals surface area contributed by atoms with Crippen molar-refractivity contribution in [3.8, 4) is 0 Å². The molecule has 3 aromatic rings. The summed E-state index contributed by atoms with van der Waals surface area (Å²) in [5, 5.41) is 3.92. The molecule has 0 fully saturated rings. The molecule has 0 bridgehead atoms. The van der Waals surface area contributed by atoms with E-state index in [1.165, 1.54) is 24.1 Å². The number of guanidine groups is 1. The van der Waals surface area contributed by atoms with Crippen molar-refractivity contribution in [2.24, 2.45) is 4.99 Å². The Morgan fingerprint density at radius 1 is 0.867 bits per heavy atom. The molecule has 3 aromatic carbocycles. The third-order valence-corrected chi connectivity index (χ3v) is 5.91. The Bertz CT molecular complexity index is 1100. The molecule has 1 aliphatic rings.